The summed E-state index contributed by atoms with van der Waals surface area (Å²) in [4.78, 5) is 15.6. The van der Waals surface area contributed by atoms with E-state index in [1.54, 1.807) is 0 Å². The Bertz CT molecular complexity index is 3920. The second kappa shape index (κ2) is 15.0. The predicted octanol–water partition coefficient (Wildman–Crippen LogP) is 16.1. The first kappa shape index (κ1) is 38.3. The van der Waals surface area contributed by atoms with Crippen LogP contribution in [0.15, 0.2) is 241 Å². The summed E-state index contributed by atoms with van der Waals surface area (Å²) in [6.45, 7) is 0. The molecule has 0 radical (unpaired) electrons. The summed E-state index contributed by atoms with van der Waals surface area (Å²) in [5.74, 6) is 1.81. The van der Waals surface area contributed by atoms with Crippen molar-refractivity contribution in [3.05, 3.63) is 259 Å². The lowest BCUT2D eigenvalue weighted by atomic mass is 9.70. The fourth-order valence-electron chi connectivity index (χ4n) is 11.3. The van der Waals surface area contributed by atoms with Crippen LogP contribution in [0.2, 0.25) is 0 Å². The Morgan fingerprint density at radius 2 is 0.750 bits per heavy atom. The number of nitrogens with zero attached hydrogens (tertiary/aromatic N) is 3. The molecule has 2 aromatic heterocycles. The lowest BCUT2D eigenvalue weighted by Crippen LogP contribution is -2.25. The summed E-state index contributed by atoms with van der Waals surface area (Å²) < 4.78 is 6.57. The van der Waals surface area contributed by atoms with Gasteiger partial charge in [-0.3, -0.25) is 0 Å². The van der Waals surface area contributed by atoms with E-state index in [9.17, 15) is 0 Å². The van der Waals surface area contributed by atoms with Gasteiger partial charge in [0.05, 0.1) is 5.41 Å². The van der Waals surface area contributed by atoms with Crippen LogP contribution in [-0.4, -0.2) is 15.0 Å². The summed E-state index contributed by atoms with van der Waals surface area (Å²) >= 11 is 0. The molecular formula is C64H39N3O. The first-order valence-electron chi connectivity index (χ1n) is 23.2. The molecular weight excluding hydrogens is 827 g/mol. The molecule has 316 valence electrons. The molecule has 4 nitrogen and oxygen atoms in total. The van der Waals surface area contributed by atoms with E-state index in [2.05, 4.69) is 182 Å². The van der Waals surface area contributed by atoms with Gasteiger partial charge in [-0.25, -0.2) is 15.0 Å². The number of benzene rings is 10. The quantitative estimate of drug-likeness (QED) is 0.167. The van der Waals surface area contributed by atoms with Gasteiger partial charge in [-0.05, 0) is 96.1 Å². The maximum absolute atomic E-state index is 6.57. The van der Waals surface area contributed by atoms with Crippen molar-refractivity contribution in [3.63, 3.8) is 0 Å². The van der Waals surface area contributed by atoms with Crippen LogP contribution >= 0.6 is 0 Å². The highest BCUT2D eigenvalue weighted by Crippen LogP contribution is 2.64. The summed E-state index contributed by atoms with van der Waals surface area (Å²) in [5, 5.41) is 1.97. The van der Waals surface area contributed by atoms with E-state index in [1.165, 1.54) is 55.6 Å². The van der Waals surface area contributed by atoms with E-state index in [0.29, 0.717) is 17.5 Å². The number of hydrogen-bond donors (Lipinski definition) is 0. The maximum atomic E-state index is 6.57. The smallest absolute Gasteiger partial charge is 0.164 e. The SMILES string of the molecule is c1ccc(-c2nc(-c3ccccc3-c3ccccc3)nc(-c3cccc4oc5ccc(-c6ccc(-c7cccc8c7-c7ccccc7C87c8ccccc8-c8ccccc87)cc6)cc5c34)n2)cc1. The van der Waals surface area contributed by atoms with Crippen molar-refractivity contribution in [2.24, 2.45) is 0 Å². The molecule has 0 fully saturated rings. The Morgan fingerprint density at radius 3 is 1.46 bits per heavy atom. The monoisotopic (exact) mass is 865 g/mol. The molecule has 0 saturated heterocycles. The molecule has 0 saturated carbocycles. The van der Waals surface area contributed by atoms with Gasteiger partial charge >= 0.3 is 0 Å². The Labute approximate surface area is 393 Å². The highest BCUT2D eigenvalue weighted by atomic mass is 16.3. The molecule has 68 heavy (non-hydrogen) atoms. The van der Waals surface area contributed by atoms with Crippen molar-refractivity contribution in [3.8, 4) is 89.8 Å². The second-order valence-corrected chi connectivity index (χ2v) is 17.8. The van der Waals surface area contributed by atoms with E-state index in [4.69, 9.17) is 19.4 Å². The Kier molecular flexibility index (Phi) is 8.46. The third-order valence-electron chi connectivity index (χ3n) is 14.2. The van der Waals surface area contributed by atoms with Gasteiger partial charge in [0.25, 0.3) is 0 Å². The van der Waals surface area contributed by atoms with Crippen LogP contribution in [0, 0.1) is 0 Å². The zero-order valence-corrected chi connectivity index (χ0v) is 36.8. The molecule has 4 heteroatoms. The highest BCUT2D eigenvalue weighted by Gasteiger charge is 2.52. The Hall–Kier alpha value is -8.99. The van der Waals surface area contributed by atoms with Gasteiger partial charge in [-0.2, -0.15) is 0 Å². The van der Waals surface area contributed by atoms with Crippen LogP contribution in [0.3, 0.4) is 0 Å². The maximum Gasteiger partial charge on any atom is 0.164 e. The number of fused-ring (bicyclic) bond motifs is 13. The summed E-state index contributed by atoms with van der Waals surface area (Å²) in [7, 11) is 0. The van der Waals surface area contributed by atoms with E-state index < -0.39 is 0 Å². The van der Waals surface area contributed by atoms with Crippen LogP contribution in [0.4, 0.5) is 0 Å². The summed E-state index contributed by atoms with van der Waals surface area (Å²) in [6.07, 6.45) is 0. The molecule has 12 aromatic rings. The molecule has 2 heterocycles. The van der Waals surface area contributed by atoms with Gasteiger partial charge in [0.1, 0.15) is 11.2 Å². The minimum Gasteiger partial charge on any atom is -0.456 e. The molecule has 1 spiro atoms. The van der Waals surface area contributed by atoms with Crippen molar-refractivity contribution < 1.29 is 4.42 Å². The van der Waals surface area contributed by atoms with Crippen molar-refractivity contribution in [2.75, 3.05) is 0 Å². The first-order chi connectivity index (χ1) is 33.7. The van der Waals surface area contributed by atoms with Gasteiger partial charge in [-0.1, -0.05) is 218 Å². The molecule has 0 amide bonds. The van der Waals surface area contributed by atoms with E-state index >= 15 is 0 Å². The van der Waals surface area contributed by atoms with Gasteiger partial charge in [0.2, 0.25) is 0 Å². The average Bonchev–Trinajstić information content (AvgIpc) is 4.05. The summed E-state index contributed by atoms with van der Waals surface area (Å²) in [5.41, 5.74) is 21.4. The molecule has 14 rings (SSSR count). The van der Waals surface area contributed by atoms with Crippen molar-refractivity contribution in [1.82, 2.24) is 15.0 Å². The molecule has 2 aliphatic carbocycles. The van der Waals surface area contributed by atoms with Crippen LogP contribution < -0.4 is 0 Å². The van der Waals surface area contributed by atoms with Crippen LogP contribution in [0.1, 0.15) is 22.3 Å². The molecule has 0 N–H and O–H groups in total. The molecule has 0 bridgehead atoms. The normalized spacial score (nSPS) is 12.8. The summed E-state index contributed by atoms with van der Waals surface area (Å²) in [6, 6.07) is 84.5. The average molecular weight is 866 g/mol. The lowest BCUT2D eigenvalue weighted by Gasteiger charge is -2.30. The number of hydrogen-bond acceptors (Lipinski definition) is 4. The molecule has 10 aromatic carbocycles. The topological polar surface area (TPSA) is 51.8 Å². The largest absolute Gasteiger partial charge is 0.456 e. The number of rotatable bonds is 6. The zero-order valence-electron chi connectivity index (χ0n) is 36.8. The highest BCUT2D eigenvalue weighted by molar-refractivity contribution is 6.13. The van der Waals surface area contributed by atoms with Gasteiger partial charge in [0, 0.05) is 27.5 Å². The lowest BCUT2D eigenvalue weighted by molar-refractivity contribution is 0.669. The molecule has 0 atom stereocenters. The zero-order chi connectivity index (χ0) is 44.8. The third-order valence-corrected chi connectivity index (χ3v) is 14.2. The van der Waals surface area contributed by atoms with Crippen molar-refractivity contribution in [2.45, 2.75) is 5.41 Å². The molecule has 0 aliphatic heterocycles. The first-order valence-corrected chi connectivity index (χ1v) is 23.2. The van der Waals surface area contributed by atoms with Crippen LogP contribution in [0.25, 0.3) is 112 Å². The minimum absolute atomic E-state index is 0.380. The van der Waals surface area contributed by atoms with Crippen molar-refractivity contribution >= 4 is 21.9 Å². The van der Waals surface area contributed by atoms with Crippen LogP contribution in [0.5, 0.6) is 0 Å². The molecule has 0 unspecified atom stereocenters. The van der Waals surface area contributed by atoms with E-state index in [1.807, 2.05) is 54.6 Å². The fraction of sp³-hybridized carbons (Fsp3) is 0.0156. The predicted molar refractivity (Wildman–Crippen MR) is 276 cm³/mol. The Balaban J connectivity index is 0.887. The van der Waals surface area contributed by atoms with Crippen LogP contribution in [-0.2, 0) is 5.41 Å². The number of aromatic nitrogens is 3. The van der Waals surface area contributed by atoms with E-state index in [-0.39, 0.29) is 5.41 Å². The van der Waals surface area contributed by atoms with Crippen molar-refractivity contribution in [1.29, 1.82) is 0 Å². The van der Waals surface area contributed by atoms with E-state index in [0.717, 1.165) is 60.9 Å². The standard InChI is InChI=1S/C64H39N3O/c1-3-17-41(18-4-1)45-21-7-8-24-49(45)62-65-61(43-19-5-2-6-20-43)66-63(67-62)51-27-16-32-58-60(51)52-39-44(37-38-57(52)68-58)40-33-35-42(36-34-40)46-26-15-31-56-59(46)50-25-11-14-30-55(50)64(56)53-28-12-9-22-47(53)48-23-10-13-29-54(48)64/h1-39H. The Morgan fingerprint density at radius 1 is 0.279 bits per heavy atom. The van der Waals surface area contributed by atoms with Gasteiger partial charge in [0.15, 0.2) is 17.5 Å². The minimum atomic E-state index is -0.380. The fourth-order valence-corrected chi connectivity index (χ4v) is 11.3. The molecule has 2 aliphatic rings. The second-order valence-electron chi connectivity index (χ2n) is 17.8. The third kappa shape index (κ3) is 5.64. The van der Waals surface area contributed by atoms with Gasteiger partial charge in [-0.15, -0.1) is 0 Å². The van der Waals surface area contributed by atoms with Gasteiger partial charge < -0.3 is 4.42 Å². The number of furan rings is 1.